The number of hydrogen-bond acceptors (Lipinski definition) is 5. The third-order valence-corrected chi connectivity index (χ3v) is 6.25. The minimum Gasteiger partial charge on any atom is -0.453 e. The Balaban J connectivity index is 1.66. The smallest absolute Gasteiger partial charge is 0.339 e. The lowest BCUT2D eigenvalue weighted by Gasteiger charge is -2.54. The predicted octanol–water partition coefficient (Wildman–Crippen LogP) is 0.344. The van der Waals surface area contributed by atoms with Crippen molar-refractivity contribution < 1.29 is 24.2 Å². The Hall–Kier alpha value is -0.850. The molecule has 3 saturated heterocycles. The first-order valence-corrected chi connectivity index (χ1v) is 8.44. The summed E-state index contributed by atoms with van der Waals surface area (Å²) in [6.07, 6.45) is 2.39. The Morgan fingerprint density at radius 2 is 2.23 bits per heavy atom. The number of amides is 1. The summed E-state index contributed by atoms with van der Waals surface area (Å²) < 4.78 is 11.0. The summed E-state index contributed by atoms with van der Waals surface area (Å²) in [6, 6.07) is 0. The maximum atomic E-state index is 12.3. The van der Waals surface area contributed by atoms with Crippen LogP contribution in [0.5, 0.6) is 0 Å². The topological polar surface area (TPSA) is 88.2 Å². The Morgan fingerprint density at radius 3 is 2.91 bits per heavy atom. The van der Waals surface area contributed by atoms with Crippen molar-refractivity contribution in [3.05, 3.63) is 0 Å². The number of hydrogen-bond donors (Lipinski definition) is 2. The van der Waals surface area contributed by atoms with Crippen molar-refractivity contribution in [3.63, 3.8) is 0 Å². The van der Waals surface area contributed by atoms with E-state index >= 15 is 0 Å². The van der Waals surface area contributed by atoms with Crippen LogP contribution in [0.15, 0.2) is 0 Å². The molecule has 3 heterocycles. The molecule has 1 aliphatic carbocycles. The van der Waals surface area contributed by atoms with Crippen LogP contribution in [-0.2, 0) is 19.1 Å². The molecule has 1 saturated carbocycles. The second-order valence-electron chi connectivity index (χ2n) is 7.00. The molecule has 1 amide bonds. The first-order chi connectivity index (χ1) is 10.5. The summed E-state index contributed by atoms with van der Waals surface area (Å²) in [4.78, 5) is 24.6. The van der Waals surface area contributed by atoms with E-state index in [2.05, 4.69) is 5.32 Å². The Kier molecular flexibility index (Phi) is 3.07. The third-order valence-electron chi connectivity index (χ3n) is 6.03. The largest absolute Gasteiger partial charge is 0.453 e. The van der Waals surface area contributed by atoms with Gasteiger partial charge in [0.25, 0.3) is 0 Å². The Morgan fingerprint density at radius 1 is 1.45 bits per heavy atom. The molecule has 4 aliphatic rings. The van der Waals surface area contributed by atoms with E-state index in [9.17, 15) is 14.7 Å². The fourth-order valence-electron chi connectivity index (χ4n) is 4.71. The molecule has 3 aliphatic heterocycles. The quantitative estimate of drug-likeness (QED) is 0.441. The molecule has 0 aromatic heterocycles. The molecule has 0 aromatic carbocycles. The highest BCUT2D eigenvalue weighted by Crippen LogP contribution is 2.55. The molecule has 0 bridgehead atoms. The number of epoxide rings is 1. The Bertz CT molecular complexity index is 542. The molecule has 7 heteroatoms. The molecule has 0 spiro atoms. The van der Waals surface area contributed by atoms with Crippen molar-refractivity contribution in [3.8, 4) is 0 Å². The summed E-state index contributed by atoms with van der Waals surface area (Å²) >= 11 is 5.78. The zero-order valence-corrected chi connectivity index (χ0v) is 13.1. The average molecular weight is 330 g/mol. The highest BCUT2D eigenvalue weighted by molar-refractivity contribution is 6.18. The van der Waals surface area contributed by atoms with Gasteiger partial charge in [0.05, 0.1) is 24.2 Å². The molecule has 3 unspecified atom stereocenters. The summed E-state index contributed by atoms with van der Waals surface area (Å²) in [7, 11) is 0. The van der Waals surface area contributed by atoms with E-state index in [4.69, 9.17) is 21.1 Å². The van der Waals surface area contributed by atoms with Gasteiger partial charge in [0.15, 0.2) is 5.60 Å². The number of ether oxygens (including phenoxy) is 2. The zero-order valence-electron chi connectivity index (χ0n) is 12.4. The number of rotatable bonds is 4. The average Bonchev–Trinajstić information content (AvgIpc) is 3.25. The van der Waals surface area contributed by atoms with E-state index in [-0.39, 0.29) is 24.0 Å². The molecule has 22 heavy (non-hydrogen) atoms. The van der Waals surface area contributed by atoms with Crippen LogP contribution in [0, 0.1) is 11.8 Å². The van der Waals surface area contributed by atoms with Crippen molar-refractivity contribution in [1.29, 1.82) is 0 Å². The predicted molar refractivity (Wildman–Crippen MR) is 76.2 cm³/mol. The van der Waals surface area contributed by atoms with Gasteiger partial charge in [0, 0.05) is 11.8 Å². The van der Waals surface area contributed by atoms with Gasteiger partial charge in [-0.05, 0) is 26.2 Å². The second-order valence-corrected chi connectivity index (χ2v) is 7.38. The van der Waals surface area contributed by atoms with E-state index in [1.807, 2.05) is 0 Å². The van der Waals surface area contributed by atoms with Crippen molar-refractivity contribution >= 4 is 23.5 Å². The van der Waals surface area contributed by atoms with Crippen molar-refractivity contribution in [1.82, 2.24) is 5.32 Å². The van der Waals surface area contributed by atoms with E-state index < -0.39 is 29.1 Å². The number of fused-ring (bicyclic) bond motifs is 2. The van der Waals surface area contributed by atoms with Crippen molar-refractivity contribution in [2.24, 2.45) is 11.8 Å². The van der Waals surface area contributed by atoms with Gasteiger partial charge in [0.2, 0.25) is 11.4 Å². The number of alkyl halides is 1. The van der Waals surface area contributed by atoms with Crippen LogP contribution in [0.1, 0.15) is 32.6 Å². The molecular weight excluding hydrogens is 310 g/mol. The molecular formula is C15H20ClNO5. The molecule has 4 rings (SSSR count). The normalized spacial score (nSPS) is 50.3. The van der Waals surface area contributed by atoms with E-state index in [0.29, 0.717) is 12.3 Å². The highest BCUT2D eigenvalue weighted by atomic mass is 35.5. The fourth-order valence-corrected chi connectivity index (χ4v) is 4.93. The maximum absolute atomic E-state index is 12.3. The van der Waals surface area contributed by atoms with Gasteiger partial charge in [-0.15, -0.1) is 11.6 Å². The minimum absolute atomic E-state index is 0.000228. The Labute approximate surface area is 133 Å². The number of aliphatic hydroxyl groups excluding tert-OH is 1. The molecule has 7 atom stereocenters. The lowest BCUT2D eigenvalue weighted by molar-refractivity contribution is -0.240. The SMILES string of the molecule is C[C@@]12OC(=O)[C@]1(C(O)[C@H]1CCCC3OC31)NC(=O)[C@@H]2CCCl. The van der Waals surface area contributed by atoms with Crippen LogP contribution in [0.4, 0.5) is 0 Å². The summed E-state index contributed by atoms with van der Waals surface area (Å²) in [6.45, 7) is 1.72. The maximum Gasteiger partial charge on any atom is 0.339 e. The standard InChI is InChI=1S/C15H20ClNO5/c1-14-8(5-6-16)12(19)17-15(14,13(20)22-14)11(18)7-3-2-4-9-10(7)21-9/h7-11,18H,2-6H2,1H3,(H,17,19)/t7-,8-,9?,10?,11?,14-,15-/m0/s1. The molecule has 4 fully saturated rings. The lowest BCUT2D eigenvalue weighted by Crippen LogP contribution is -2.80. The van der Waals surface area contributed by atoms with Gasteiger partial charge in [-0.2, -0.15) is 0 Å². The number of carbonyl (C=O) groups excluding carboxylic acids is 2. The summed E-state index contributed by atoms with van der Waals surface area (Å²) in [5.74, 6) is -1.17. The molecule has 0 aromatic rings. The van der Waals surface area contributed by atoms with Crippen LogP contribution in [0.25, 0.3) is 0 Å². The van der Waals surface area contributed by atoms with Crippen molar-refractivity contribution in [2.45, 2.75) is 62.1 Å². The fraction of sp³-hybridized carbons (Fsp3) is 0.867. The summed E-state index contributed by atoms with van der Waals surface area (Å²) in [5, 5.41) is 13.7. The van der Waals surface area contributed by atoms with Crippen LogP contribution >= 0.6 is 11.6 Å². The molecule has 6 nitrogen and oxygen atoms in total. The first-order valence-electron chi connectivity index (χ1n) is 7.90. The van der Waals surface area contributed by atoms with Crippen LogP contribution in [-0.4, -0.2) is 52.3 Å². The van der Waals surface area contributed by atoms with Gasteiger partial charge in [0.1, 0.15) is 0 Å². The van der Waals surface area contributed by atoms with Crippen LogP contribution in [0.2, 0.25) is 0 Å². The minimum atomic E-state index is -1.35. The number of esters is 1. The van der Waals surface area contributed by atoms with E-state index in [1.165, 1.54) is 0 Å². The monoisotopic (exact) mass is 329 g/mol. The number of aliphatic hydroxyl groups is 1. The van der Waals surface area contributed by atoms with Crippen LogP contribution < -0.4 is 5.32 Å². The van der Waals surface area contributed by atoms with Gasteiger partial charge in [-0.3, -0.25) is 4.79 Å². The van der Waals surface area contributed by atoms with Gasteiger partial charge in [-0.25, -0.2) is 4.79 Å². The third kappa shape index (κ3) is 1.58. The number of nitrogens with one attached hydrogen (secondary N) is 1. The summed E-state index contributed by atoms with van der Waals surface area (Å²) in [5.41, 5.74) is -2.38. The highest BCUT2D eigenvalue weighted by Gasteiger charge is 2.80. The van der Waals surface area contributed by atoms with E-state index in [0.717, 1.165) is 19.3 Å². The number of halogens is 1. The van der Waals surface area contributed by atoms with Crippen molar-refractivity contribution in [2.75, 3.05) is 5.88 Å². The van der Waals surface area contributed by atoms with Gasteiger partial charge < -0.3 is 19.9 Å². The van der Waals surface area contributed by atoms with Gasteiger partial charge >= 0.3 is 5.97 Å². The van der Waals surface area contributed by atoms with E-state index in [1.54, 1.807) is 6.92 Å². The molecule has 122 valence electrons. The second kappa shape index (κ2) is 4.58. The number of carbonyl (C=O) groups is 2. The van der Waals surface area contributed by atoms with Gasteiger partial charge in [-0.1, -0.05) is 6.42 Å². The molecule has 0 radical (unpaired) electrons. The molecule has 2 N–H and O–H groups in total. The first kappa shape index (κ1) is 14.7. The lowest BCUT2D eigenvalue weighted by atomic mass is 9.64. The zero-order chi connectivity index (χ0) is 15.7. The van der Waals surface area contributed by atoms with Crippen LogP contribution in [0.3, 0.4) is 0 Å².